The predicted molar refractivity (Wildman–Crippen MR) is 336 cm³/mol. The molecule has 2 aromatic heterocycles. The first-order valence-electron chi connectivity index (χ1n) is 30.6. The maximum Gasteiger partial charge on any atom is 0.256 e. The number of nitrogens with one attached hydrogen (secondary N) is 1. The van der Waals surface area contributed by atoms with Gasteiger partial charge in [-0.1, -0.05) is 245 Å². The van der Waals surface area contributed by atoms with Crippen LogP contribution in [0.1, 0.15) is 161 Å². The van der Waals surface area contributed by atoms with Crippen molar-refractivity contribution in [3.63, 3.8) is 0 Å². The minimum atomic E-state index is -0.494. The van der Waals surface area contributed by atoms with Crippen molar-refractivity contribution < 1.29 is 9.59 Å². The Hall–Kier alpha value is -8.26. The highest BCUT2D eigenvalue weighted by Gasteiger charge is 2.49. The van der Waals surface area contributed by atoms with E-state index in [1.807, 2.05) is 96.6 Å². The Morgan fingerprint density at radius 2 is 0.880 bits per heavy atom. The van der Waals surface area contributed by atoms with Gasteiger partial charge in [0.25, 0.3) is 11.8 Å². The molecular weight excluding hydrogens is 1030 g/mol. The average molecular weight is 1110 g/mol. The third-order valence-electron chi connectivity index (χ3n) is 15.7. The summed E-state index contributed by atoms with van der Waals surface area (Å²) in [4.78, 5) is 36.9. The molecule has 0 bridgehead atoms. The summed E-state index contributed by atoms with van der Waals surface area (Å²) < 4.78 is 3.70. The third kappa shape index (κ3) is 14.9. The Balaban J connectivity index is 0.000000175. The molecule has 2 spiro atoms. The first kappa shape index (κ1) is 60.8. The lowest BCUT2D eigenvalue weighted by atomic mass is 9.97. The molecule has 0 atom stereocenters. The summed E-state index contributed by atoms with van der Waals surface area (Å²) in [6, 6.07) is 54.2. The van der Waals surface area contributed by atoms with Gasteiger partial charge in [-0.05, 0) is 110 Å². The van der Waals surface area contributed by atoms with E-state index >= 15 is 0 Å². The van der Waals surface area contributed by atoms with E-state index in [9.17, 15) is 9.59 Å². The van der Waals surface area contributed by atoms with Crippen molar-refractivity contribution in [1.29, 1.82) is 0 Å². The third-order valence-corrected chi connectivity index (χ3v) is 15.7. The molecule has 8 aromatic rings. The molecule has 14 heteroatoms. The highest BCUT2D eigenvalue weighted by Crippen LogP contribution is 2.41. The van der Waals surface area contributed by atoms with Gasteiger partial charge in [0.05, 0.1) is 19.6 Å². The zero-order valence-electron chi connectivity index (χ0n) is 50.0. The lowest BCUT2D eigenvalue weighted by Crippen LogP contribution is -2.40. The molecule has 0 unspecified atom stereocenters. The van der Waals surface area contributed by atoms with Crippen molar-refractivity contribution in [3.8, 4) is 45.0 Å². The summed E-state index contributed by atoms with van der Waals surface area (Å²) >= 11 is 0. The maximum absolute atomic E-state index is 13.5. The van der Waals surface area contributed by atoms with Gasteiger partial charge >= 0.3 is 0 Å². The number of carbonyl (C=O) groups is 2. The van der Waals surface area contributed by atoms with Gasteiger partial charge in [0.1, 0.15) is 22.7 Å². The van der Waals surface area contributed by atoms with Crippen molar-refractivity contribution >= 4 is 23.5 Å². The zero-order chi connectivity index (χ0) is 58.4. The number of nitrogens with zero attached hydrogens (tertiary/aromatic N) is 11. The molecule has 1 N–H and O–H groups in total. The first-order chi connectivity index (χ1) is 40.8. The van der Waals surface area contributed by atoms with Crippen LogP contribution in [0.4, 0.5) is 0 Å². The van der Waals surface area contributed by atoms with Crippen LogP contribution in [0.15, 0.2) is 168 Å². The summed E-state index contributed by atoms with van der Waals surface area (Å²) in [5.41, 5.74) is 10.4. The summed E-state index contributed by atoms with van der Waals surface area (Å²) in [7, 11) is 0. The van der Waals surface area contributed by atoms with E-state index in [-0.39, 0.29) is 17.4 Å². The maximum atomic E-state index is 13.5. The van der Waals surface area contributed by atoms with Crippen molar-refractivity contribution in [2.45, 2.75) is 175 Å². The Bertz CT molecular complexity index is 3350. The molecule has 2 amide bonds. The van der Waals surface area contributed by atoms with Crippen molar-refractivity contribution in [3.05, 3.63) is 180 Å². The number of rotatable bonds is 17. The number of aromatic nitrogens is 8. The van der Waals surface area contributed by atoms with E-state index in [1.54, 1.807) is 0 Å². The lowest BCUT2D eigenvalue weighted by molar-refractivity contribution is -0.131. The fraction of sp³-hybridized carbons (Fsp3) is 0.391. The molecule has 2 aliphatic carbocycles. The fourth-order valence-corrected chi connectivity index (χ4v) is 11.3. The molecule has 2 fully saturated rings. The van der Waals surface area contributed by atoms with E-state index in [4.69, 9.17) is 4.99 Å². The van der Waals surface area contributed by atoms with Gasteiger partial charge in [-0.2, -0.15) is 0 Å². The summed E-state index contributed by atoms with van der Waals surface area (Å²) in [6.45, 7) is 16.3. The molecule has 0 saturated heterocycles. The number of carbonyl (C=O) groups excluding carboxylic acids is 2. The largest absolute Gasteiger partial charge is 0.312 e. The van der Waals surface area contributed by atoms with Gasteiger partial charge in [-0.15, -0.1) is 10.2 Å². The van der Waals surface area contributed by atoms with Crippen LogP contribution in [0, 0.1) is 0 Å². The summed E-state index contributed by atoms with van der Waals surface area (Å²) in [5, 5.41) is 28.0. The summed E-state index contributed by atoms with van der Waals surface area (Å²) in [6.07, 6.45) is 15.4. The Kier molecular flexibility index (Phi) is 22.1. The van der Waals surface area contributed by atoms with Gasteiger partial charge in [0.2, 0.25) is 0 Å². The predicted octanol–water partition coefficient (Wildman–Crippen LogP) is 15.0. The monoisotopic (exact) mass is 1110 g/mol. The number of amides is 2. The highest BCUT2D eigenvalue weighted by molar-refractivity contribution is 6.09. The number of amidine groups is 2. The molecule has 4 aliphatic rings. The second-order valence-electron chi connectivity index (χ2n) is 21.2. The van der Waals surface area contributed by atoms with Gasteiger partial charge in [0, 0.05) is 24.0 Å². The molecule has 432 valence electrons. The van der Waals surface area contributed by atoms with Gasteiger partial charge in [-0.3, -0.25) is 24.5 Å². The second-order valence-corrected chi connectivity index (χ2v) is 21.2. The molecule has 83 heavy (non-hydrogen) atoms. The Morgan fingerprint density at radius 1 is 0.458 bits per heavy atom. The zero-order valence-corrected chi connectivity index (χ0v) is 50.0. The highest BCUT2D eigenvalue weighted by atomic mass is 16.2. The van der Waals surface area contributed by atoms with E-state index in [0.29, 0.717) is 19.6 Å². The molecule has 12 rings (SSSR count). The minimum Gasteiger partial charge on any atom is -0.312 e. The molecule has 0 radical (unpaired) electrons. The fourth-order valence-electron chi connectivity index (χ4n) is 11.3. The topological polar surface area (TPSA) is 161 Å². The van der Waals surface area contributed by atoms with E-state index in [2.05, 4.69) is 165 Å². The van der Waals surface area contributed by atoms with Gasteiger partial charge in [-0.25, -0.2) is 9.36 Å². The van der Waals surface area contributed by atoms with Crippen LogP contribution in [-0.2, 0) is 35.6 Å². The smallest absolute Gasteiger partial charge is 0.256 e. The number of hydrogen-bond donors (Lipinski definition) is 1. The normalized spacial score (nSPS) is 15.2. The Labute approximate surface area is 492 Å². The van der Waals surface area contributed by atoms with E-state index < -0.39 is 5.54 Å². The number of aryl methyl sites for hydroxylation is 1. The van der Waals surface area contributed by atoms with Crippen LogP contribution in [-0.4, -0.2) is 79.9 Å². The first-order valence-corrected chi connectivity index (χ1v) is 30.6. The summed E-state index contributed by atoms with van der Waals surface area (Å²) in [5.74, 6) is 3.78. The van der Waals surface area contributed by atoms with Crippen molar-refractivity contribution in [2.24, 2.45) is 9.98 Å². The lowest BCUT2D eigenvalue weighted by Gasteiger charge is -2.23. The molecule has 4 heterocycles. The van der Waals surface area contributed by atoms with Crippen LogP contribution < -0.4 is 5.32 Å². The molecule has 2 aliphatic heterocycles. The molecule has 6 aromatic carbocycles. The number of benzene rings is 6. The van der Waals surface area contributed by atoms with Crippen LogP contribution in [0.25, 0.3) is 45.0 Å². The molecule has 2 saturated carbocycles. The number of unbranched alkanes of at least 4 members (excludes halogenated alkanes) is 2. The van der Waals surface area contributed by atoms with Gasteiger partial charge in [0.15, 0.2) is 11.6 Å². The van der Waals surface area contributed by atoms with E-state index in [1.165, 1.54) is 16.7 Å². The minimum absolute atomic E-state index is 0.154. The quantitative estimate of drug-likeness (QED) is 0.0942. The standard InChI is InChI=1S/C32H34N6O.C22H20N4.C11H18N2O.2C2H6/c1-2-3-15-29-33-32(20-9-10-21-32)31(39)37(29)22-25-16-18-26(19-17-25)27-13-7-8-14-28(27)30-34-35-36-38(30)23-24-11-5-4-6-12-24;1-2-17-12-14-19(15-13-17)20-10-6-7-11-21(20)22-23-24-25-26(22)16-18-8-4-3-5-9-18;1-2-3-6-9-12-10(14)11(13-9)7-4-5-8-11;2*1-2/h4-8,11-14,16-19H,2-3,9-10,15,20-23H2,1H3;3-15H,2,16H2,1H3;2-8H2,1H3,(H,12,13,14);2*1-2H3. The SMILES string of the molecule is CC.CC.CCCCC1=NC2(CCCC2)C(=O)N1.CCCCC1=NC2(CCCC2)C(=O)N1Cc1ccc(-c2ccccc2-c2nnnn2Cc2ccccc2)cc1.CCc1ccc(-c2ccccc2-c2nnnn2Cc2ccccc2)cc1. The van der Waals surface area contributed by atoms with Crippen LogP contribution in [0.2, 0.25) is 0 Å². The van der Waals surface area contributed by atoms with Crippen LogP contribution in [0.5, 0.6) is 0 Å². The number of tetrazole rings is 2. The molecular formula is C69H84N12O2. The molecule has 14 nitrogen and oxygen atoms in total. The number of aliphatic imine (C=N–C) groups is 2. The Morgan fingerprint density at radius 3 is 1.35 bits per heavy atom. The van der Waals surface area contributed by atoms with Crippen LogP contribution in [0.3, 0.4) is 0 Å². The number of hydrogen-bond acceptors (Lipinski definition) is 10. The van der Waals surface area contributed by atoms with Crippen molar-refractivity contribution in [2.75, 3.05) is 0 Å². The van der Waals surface area contributed by atoms with Crippen molar-refractivity contribution in [1.82, 2.24) is 50.6 Å². The van der Waals surface area contributed by atoms with E-state index in [0.717, 1.165) is 159 Å². The second kappa shape index (κ2) is 30.2. The van der Waals surface area contributed by atoms with Gasteiger partial charge < -0.3 is 5.32 Å². The average Bonchev–Trinajstić information content (AvgIpc) is 4.57. The van der Waals surface area contributed by atoms with Crippen LogP contribution >= 0.6 is 0 Å².